The van der Waals surface area contributed by atoms with Gasteiger partial charge in [-0.15, -0.1) is 17.9 Å². The van der Waals surface area contributed by atoms with E-state index in [0.29, 0.717) is 18.0 Å². The average Bonchev–Trinajstić information content (AvgIpc) is 2.81. The molecule has 4 nitrogen and oxygen atoms in total. The zero-order chi connectivity index (χ0) is 15.4. The Morgan fingerprint density at radius 2 is 2.10 bits per heavy atom. The quantitative estimate of drug-likeness (QED) is 0.787. The average molecular weight is 316 g/mol. The van der Waals surface area contributed by atoms with Gasteiger partial charge in [0, 0.05) is 28.9 Å². The molecule has 0 amide bonds. The van der Waals surface area contributed by atoms with Crippen molar-refractivity contribution in [3.05, 3.63) is 29.0 Å². The summed E-state index contributed by atoms with van der Waals surface area (Å²) in [5.74, 6) is 0. The number of nitrogens with one attached hydrogen (secondary N) is 1. The van der Waals surface area contributed by atoms with Crippen molar-refractivity contribution < 1.29 is 8.42 Å². The van der Waals surface area contributed by atoms with E-state index >= 15 is 0 Å². The third-order valence-electron chi connectivity index (χ3n) is 2.81. The van der Waals surface area contributed by atoms with Crippen LogP contribution in [0.25, 0.3) is 0 Å². The Bertz CT molecular complexity index is 542. The second kappa shape index (κ2) is 6.85. The fourth-order valence-electron chi connectivity index (χ4n) is 1.81. The third kappa shape index (κ3) is 4.15. The molecule has 1 N–H and O–H groups in total. The zero-order valence-corrected chi connectivity index (χ0v) is 14.3. The molecule has 0 aromatic carbocycles. The van der Waals surface area contributed by atoms with E-state index in [1.165, 1.54) is 15.6 Å². The van der Waals surface area contributed by atoms with E-state index in [0.717, 1.165) is 11.4 Å². The van der Waals surface area contributed by atoms with Gasteiger partial charge in [0.05, 0.1) is 4.90 Å². The monoisotopic (exact) mass is 316 g/mol. The van der Waals surface area contributed by atoms with Crippen molar-refractivity contribution in [3.63, 3.8) is 0 Å². The lowest BCUT2D eigenvalue weighted by Gasteiger charge is -2.33. The van der Waals surface area contributed by atoms with Crippen molar-refractivity contribution in [1.82, 2.24) is 9.62 Å². The molecule has 0 saturated heterocycles. The van der Waals surface area contributed by atoms with E-state index in [1.54, 1.807) is 17.5 Å². The number of hydrogen-bond donors (Lipinski definition) is 1. The summed E-state index contributed by atoms with van der Waals surface area (Å²) in [6.45, 7) is 13.2. The van der Waals surface area contributed by atoms with Crippen LogP contribution in [-0.2, 0) is 16.6 Å². The van der Waals surface area contributed by atoms with Gasteiger partial charge in [-0.25, -0.2) is 8.42 Å². The molecule has 0 aliphatic rings. The van der Waals surface area contributed by atoms with Crippen LogP contribution in [-0.4, -0.2) is 31.4 Å². The first-order valence-corrected chi connectivity index (χ1v) is 8.97. The lowest BCUT2D eigenvalue weighted by molar-refractivity contribution is 0.270. The summed E-state index contributed by atoms with van der Waals surface area (Å²) in [6, 6.07) is 1.75. The third-order valence-corrected chi connectivity index (χ3v) is 6.00. The second-order valence-electron chi connectivity index (χ2n) is 5.52. The fourth-order valence-corrected chi connectivity index (χ4v) is 4.80. The lowest BCUT2D eigenvalue weighted by atomic mass is 10.1. The molecule has 1 aromatic rings. The Morgan fingerprint density at radius 3 is 2.60 bits per heavy atom. The van der Waals surface area contributed by atoms with Crippen LogP contribution in [0.15, 0.2) is 29.0 Å². The number of rotatable bonds is 7. The lowest BCUT2D eigenvalue weighted by Crippen LogP contribution is -2.45. The van der Waals surface area contributed by atoms with Crippen LogP contribution in [0, 0.1) is 0 Å². The predicted molar refractivity (Wildman–Crippen MR) is 85.5 cm³/mol. The van der Waals surface area contributed by atoms with Crippen molar-refractivity contribution in [3.8, 4) is 0 Å². The zero-order valence-electron chi connectivity index (χ0n) is 12.6. The Labute approximate surface area is 126 Å². The van der Waals surface area contributed by atoms with Crippen molar-refractivity contribution in [2.24, 2.45) is 0 Å². The largest absolute Gasteiger partial charge is 0.312 e. The summed E-state index contributed by atoms with van der Waals surface area (Å²) in [6.07, 6.45) is 1.62. The SMILES string of the molecule is C=CCN(C(C)(C)C)S(=O)(=O)c1csc(CNCC)c1. The standard InChI is InChI=1S/C14H24N2O2S2/c1-6-8-16(14(3,4)5)20(17,18)13-9-12(19-11-13)10-15-7-2/h6,9,11,15H,1,7-8,10H2,2-5H3. The highest BCUT2D eigenvalue weighted by molar-refractivity contribution is 7.89. The highest BCUT2D eigenvalue weighted by Crippen LogP contribution is 2.27. The van der Waals surface area contributed by atoms with E-state index in [4.69, 9.17) is 0 Å². The van der Waals surface area contributed by atoms with E-state index in [1.807, 2.05) is 27.7 Å². The smallest absolute Gasteiger partial charge is 0.244 e. The van der Waals surface area contributed by atoms with Crippen molar-refractivity contribution >= 4 is 21.4 Å². The minimum absolute atomic E-state index is 0.310. The maximum atomic E-state index is 12.7. The Balaban J connectivity index is 3.07. The van der Waals surface area contributed by atoms with Gasteiger partial charge in [-0.1, -0.05) is 13.0 Å². The molecule has 0 aliphatic heterocycles. The molecule has 0 spiro atoms. The predicted octanol–water partition coefficient (Wildman–Crippen LogP) is 2.83. The fraction of sp³-hybridized carbons (Fsp3) is 0.571. The molecule has 114 valence electrons. The minimum Gasteiger partial charge on any atom is -0.312 e. The topological polar surface area (TPSA) is 49.4 Å². The Hall–Kier alpha value is -0.690. The van der Waals surface area contributed by atoms with Crippen LogP contribution < -0.4 is 5.32 Å². The van der Waals surface area contributed by atoms with Crippen molar-refractivity contribution in [2.75, 3.05) is 13.1 Å². The van der Waals surface area contributed by atoms with Gasteiger partial charge in [-0.05, 0) is 33.4 Å². The first-order valence-electron chi connectivity index (χ1n) is 6.65. The molecule has 0 atom stereocenters. The van der Waals surface area contributed by atoms with Gasteiger partial charge in [-0.2, -0.15) is 4.31 Å². The van der Waals surface area contributed by atoms with Gasteiger partial charge in [-0.3, -0.25) is 0 Å². The number of thiophene rings is 1. The summed E-state index contributed by atoms with van der Waals surface area (Å²) in [5.41, 5.74) is -0.475. The molecule has 0 aliphatic carbocycles. The summed E-state index contributed by atoms with van der Waals surface area (Å²) in [4.78, 5) is 1.39. The molecular weight excluding hydrogens is 292 g/mol. The first-order chi connectivity index (χ1) is 9.23. The molecule has 0 radical (unpaired) electrons. The van der Waals surface area contributed by atoms with Gasteiger partial charge in [0.2, 0.25) is 10.0 Å². The van der Waals surface area contributed by atoms with E-state index in [-0.39, 0.29) is 0 Å². The van der Waals surface area contributed by atoms with Crippen molar-refractivity contribution in [1.29, 1.82) is 0 Å². The van der Waals surface area contributed by atoms with Crippen LogP contribution >= 0.6 is 11.3 Å². The van der Waals surface area contributed by atoms with Crippen molar-refractivity contribution in [2.45, 2.75) is 44.7 Å². The van der Waals surface area contributed by atoms with Crippen LogP contribution in [0.1, 0.15) is 32.6 Å². The molecule has 6 heteroatoms. The molecule has 1 rings (SSSR count). The maximum Gasteiger partial charge on any atom is 0.244 e. The van der Waals surface area contributed by atoms with Crippen LogP contribution in [0.5, 0.6) is 0 Å². The second-order valence-corrected chi connectivity index (χ2v) is 8.38. The molecule has 20 heavy (non-hydrogen) atoms. The number of hydrogen-bond acceptors (Lipinski definition) is 4. The van der Waals surface area contributed by atoms with Crippen LogP contribution in [0.4, 0.5) is 0 Å². The highest BCUT2D eigenvalue weighted by atomic mass is 32.2. The van der Waals surface area contributed by atoms with E-state index < -0.39 is 15.6 Å². The van der Waals surface area contributed by atoms with Gasteiger partial charge < -0.3 is 5.32 Å². The van der Waals surface area contributed by atoms with Gasteiger partial charge >= 0.3 is 0 Å². The summed E-state index contributed by atoms with van der Waals surface area (Å²) < 4.78 is 26.9. The maximum absolute atomic E-state index is 12.7. The summed E-state index contributed by atoms with van der Waals surface area (Å²) >= 11 is 1.47. The molecule has 0 saturated carbocycles. The normalized spacial score (nSPS) is 12.8. The summed E-state index contributed by atoms with van der Waals surface area (Å²) in [5, 5.41) is 4.91. The minimum atomic E-state index is -3.48. The van der Waals surface area contributed by atoms with Gasteiger partial charge in [0.15, 0.2) is 0 Å². The summed E-state index contributed by atoms with van der Waals surface area (Å²) in [7, 11) is -3.48. The van der Waals surface area contributed by atoms with Gasteiger partial charge in [0.1, 0.15) is 0 Å². The molecular formula is C14H24N2O2S2. The molecule has 0 bridgehead atoms. The van der Waals surface area contributed by atoms with E-state index in [2.05, 4.69) is 11.9 Å². The molecule has 0 unspecified atom stereocenters. The first kappa shape index (κ1) is 17.4. The van der Waals surface area contributed by atoms with E-state index in [9.17, 15) is 8.42 Å². The number of sulfonamides is 1. The van der Waals surface area contributed by atoms with Crippen LogP contribution in [0.2, 0.25) is 0 Å². The van der Waals surface area contributed by atoms with Crippen LogP contribution in [0.3, 0.4) is 0 Å². The molecule has 1 heterocycles. The Kier molecular flexibility index (Phi) is 5.94. The highest BCUT2D eigenvalue weighted by Gasteiger charge is 2.33. The molecule has 1 aromatic heterocycles. The molecule has 0 fully saturated rings. The Morgan fingerprint density at radius 1 is 1.45 bits per heavy atom. The number of nitrogens with zero attached hydrogens (tertiary/aromatic N) is 1. The van der Waals surface area contributed by atoms with Gasteiger partial charge in [0.25, 0.3) is 0 Å².